The van der Waals surface area contributed by atoms with E-state index in [-0.39, 0.29) is 5.78 Å². The Kier molecular flexibility index (Phi) is 34.1. The van der Waals surface area contributed by atoms with E-state index >= 15 is 0 Å². The number of terminal acetylenes is 1. The van der Waals surface area contributed by atoms with Crippen LogP contribution in [0.25, 0.3) is 0 Å². The molecule has 4 nitrogen and oxygen atoms in total. The second-order valence-electron chi connectivity index (χ2n) is 6.25. The van der Waals surface area contributed by atoms with Crippen molar-refractivity contribution in [3.05, 3.63) is 95.6 Å². The van der Waals surface area contributed by atoms with Gasteiger partial charge in [0, 0.05) is 24.3 Å². The summed E-state index contributed by atoms with van der Waals surface area (Å²) in [6.07, 6.45) is 14.5. The molecular weight excluding hydrogens is 408 g/mol. The Balaban J connectivity index is -0.000000161. The van der Waals surface area contributed by atoms with E-state index in [2.05, 4.69) is 73.9 Å². The first kappa shape index (κ1) is 36.8. The van der Waals surface area contributed by atoms with Gasteiger partial charge in [0.15, 0.2) is 0 Å². The van der Waals surface area contributed by atoms with Crippen LogP contribution < -0.4 is 0 Å². The van der Waals surface area contributed by atoms with Crippen molar-refractivity contribution < 1.29 is 9.59 Å². The van der Waals surface area contributed by atoms with Crippen molar-refractivity contribution in [2.45, 2.75) is 61.8 Å². The molecule has 0 atom stereocenters. The molecule has 0 N–H and O–H groups in total. The first-order valence-corrected chi connectivity index (χ1v) is 10.7. The number of aromatic nitrogens is 2. The highest BCUT2D eigenvalue weighted by molar-refractivity contribution is 5.72. The summed E-state index contributed by atoms with van der Waals surface area (Å²) in [7, 11) is 0. The number of Topliss-reactive ketones (excluding diaryl/α,β-unsaturated/α-hetero) is 1. The highest BCUT2D eigenvalue weighted by Gasteiger charge is 1.81. The van der Waals surface area contributed by atoms with Crippen LogP contribution in [0.15, 0.2) is 73.2 Å². The molecule has 4 heteroatoms. The fraction of sp³-hybridized carbons (Fsp3) is 0.310. The highest BCUT2D eigenvalue weighted by Crippen LogP contribution is 1.99. The molecule has 0 unspecified atom stereocenters. The minimum absolute atomic E-state index is 0.167. The summed E-state index contributed by atoms with van der Waals surface area (Å²) < 4.78 is 0. The van der Waals surface area contributed by atoms with Crippen molar-refractivity contribution in [1.82, 2.24) is 9.97 Å². The minimum atomic E-state index is 0.167. The number of rotatable bonds is 1. The summed E-state index contributed by atoms with van der Waals surface area (Å²) in [4.78, 5) is 25.4. The van der Waals surface area contributed by atoms with E-state index in [4.69, 9.17) is 4.79 Å². The van der Waals surface area contributed by atoms with E-state index in [1.54, 1.807) is 12.4 Å². The van der Waals surface area contributed by atoms with Crippen molar-refractivity contribution in [2.75, 3.05) is 0 Å². The maximum atomic E-state index is 9.44. The number of benzene rings is 1. The number of aryl methyl sites for hydroxylation is 4. The minimum Gasteiger partial charge on any atom is -0.307 e. The topological polar surface area (TPSA) is 59.9 Å². The summed E-state index contributed by atoms with van der Waals surface area (Å²) in [6, 6.07) is 18.4. The molecule has 3 aromatic rings. The molecule has 33 heavy (non-hydrogen) atoms. The van der Waals surface area contributed by atoms with Gasteiger partial charge in [-0.15, -0.1) is 12.8 Å². The predicted molar refractivity (Wildman–Crippen MR) is 143 cm³/mol. The normalized spacial score (nSPS) is 7.45. The molecule has 0 spiro atoms. The van der Waals surface area contributed by atoms with Gasteiger partial charge in [-0.25, -0.2) is 0 Å². The standard InChI is InChI=1S/C8H10.C7H9N.C6H7N.C3H6O.C2H6.C2H2.CH2O/c1-7-3-5-8(2)6-4-7;1-2-7-4-3-5-8-6-7;1-6-4-2-3-5-7-6;1-3(2)4;3*1-2/h3-6H,1-2H3;3-6H,2H2,1H3;2-5H,1H3;1-2H3;1-2H3;1-2H;1H2. The number of hydrogen-bond donors (Lipinski definition) is 0. The quantitative estimate of drug-likeness (QED) is 0.374. The second-order valence-corrected chi connectivity index (χ2v) is 6.25. The number of carbonyl (C=O) groups excluding carboxylic acids is 2. The molecule has 2 heterocycles. The SMILES string of the molecule is C#C.C=O.CC.CC(C)=O.CCc1cccnc1.Cc1ccc(C)cc1.Cc1ccccn1. The third kappa shape index (κ3) is 33.3. The van der Waals surface area contributed by atoms with Crippen molar-refractivity contribution in [1.29, 1.82) is 0 Å². The first-order chi connectivity index (χ1) is 15.8. The molecule has 0 aliphatic carbocycles. The van der Waals surface area contributed by atoms with Crippen LogP contribution in [-0.4, -0.2) is 22.5 Å². The van der Waals surface area contributed by atoms with Crippen LogP contribution in [0, 0.1) is 33.6 Å². The highest BCUT2D eigenvalue weighted by atomic mass is 16.1. The van der Waals surface area contributed by atoms with E-state index < -0.39 is 0 Å². The number of ketones is 1. The zero-order valence-corrected chi connectivity index (χ0v) is 21.7. The molecular formula is C29H42N2O2. The smallest absolute Gasteiger partial charge is 0.126 e. The molecule has 180 valence electrons. The third-order valence-electron chi connectivity index (χ3n) is 3.16. The van der Waals surface area contributed by atoms with Crippen LogP contribution in [0.5, 0.6) is 0 Å². The van der Waals surface area contributed by atoms with Crippen LogP contribution >= 0.6 is 0 Å². The van der Waals surface area contributed by atoms with Gasteiger partial charge in [-0.2, -0.15) is 0 Å². The van der Waals surface area contributed by atoms with Gasteiger partial charge in [0.25, 0.3) is 0 Å². The van der Waals surface area contributed by atoms with Crippen LogP contribution in [-0.2, 0) is 16.0 Å². The Bertz CT molecular complexity index is 759. The van der Waals surface area contributed by atoms with Gasteiger partial charge in [0.1, 0.15) is 12.6 Å². The molecule has 2 aromatic heterocycles. The number of hydrogen-bond acceptors (Lipinski definition) is 4. The Morgan fingerprint density at radius 1 is 0.818 bits per heavy atom. The van der Waals surface area contributed by atoms with Crippen molar-refractivity contribution >= 4 is 12.6 Å². The summed E-state index contributed by atoms with van der Waals surface area (Å²) in [5.41, 5.74) is 5.03. The van der Waals surface area contributed by atoms with Crippen LogP contribution in [0.4, 0.5) is 0 Å². The van der Waals surface area contributed by atoms with E-state index in [9.17, 15) is 4.79 Å². The average molecular weight is 451 g/mol. The van der Waals surface area contributed by atoms with Gasteiger partial charge in [-0.3, -0.25) is 9.97 Å². The Hall–Kier alpha value is -3.58. The fourth-order valence-corrected chi connectivity index (χ4v) is 1.69. The molecule has 1 aromatic carbocycles. The fourth-order valence-electron chi connectivity index (χ4n) is 1.69. The lowest BCUT2D eigenvalue weighted by Gasteiger charge is -1.90. The molecule has 0 radical (unpaired) electrons. The van der Waals surface area contributed by atoms with Crippen molar-refractivity contribution in [3.63, 3.8) is 0 Å². The Labute approximate surface area is 202 Å². The second kappa shape index (κ2) is 30.6. The van der Waals surface area contributed by atoms with E-state index in [1.165, 1.54) is 30.5 Å². The zero-order valence-electron chi connectivity index (χ0n) is 21.7. The lowest BCUT2D eigenvalue weighted by Crippen LogP contribution is -1.77. The molecule has 3 rings (SSSR count). The van der Waals surface area contributed by atoms with Gasteiger partial charge in [-0.1, -0.05) is 68.3 Å². The summed E-state index contributed by atoms with van der Waals surface area (Å²) in [5.74, 6) is 0.167. The molecule has 0 aliphatic rings. The third-order valence-corrected chi connectivity index (χ3v) is 3.16. The van der Waals surface area contributed by atoms with Crippen molar-refractivity contribution in [2.24, 2.45) is 0 Å². The molecule has 0 saturated carbocycles. The summed E-state index contributed by atoms with van der Waals surface area (Å²) in [5, 5.41) is 0. The summed E-state index contributed by atoms with van der Waals surface area (Å²) >= 11 is 0. The predicted octanol–water partition coefficient (Wildman–Crippen LogP) is 7.02. The van der Waals surface area contributed by atoms with Gasteiger partial charge < -0.3 is 9.59 Å². The van der Waals surface area contributed by atoms with Crippen LogP contribution in [0.2, 0.25) is 0 Å². The van der Waals surface area contributed by atoms with Crippen molar-refractivity contribution in [3.8, 4) is 12.8 Å². The Morgan fingerprint density at radius 3 is 1.48 bits per heavy atom. The largest absolute Gasteiger partial charge is 0.307 e. The zero-order chi connectivity index (χ0) is 26.5. The number of nitrogens with zero attached hydrogens (tertiary/aromatic N) is 2. The van der Waals surface area contributed by atoms with Gasteiger partial charge in [0.2, 0.25) is 0 Å². The first-order valence-electron chi connectivity index (χ1n) is 10.7. The lowest BCUT2D eigenvalue weighted by atomic mass is 10.2. The molecule has 0 amide bonds. The van der Waals surface area contributed by atoms with Crippen LogP contribution in [0.1, 0.15) is 57.0 Å². The maximum Gasteiger partial charge on any atom is 0.126 e. The van der Waals surface area contributed by atoms with Crippen LogP contribution in [0.3, 0.4) is 0 Å². The van der Waals surface area contributed by atoms with E-state index in [0.717, 1.165) is 12.1 Å². The molecule has 0 fully saturated rings. The molecule has 0 bridgehead atoms. The van der Waals surface area contributed by atoms with E-state index in [1.807, 2.05) is 58.0 Å². The van der Waals surface area contributed by atoms with E-state index in [0.29, 0.717) is 0 Å². The number of pyridine rings is 2. The molecule has 0 saturated heterocycles. The number of carbonyl (C=O) groups is 2. The van der Waals surface area contributed by atoms with Gasteiger partial charge in [-0.05, 0) is 64.8 Å². The Morgan fingerprint density at radius 2 is 1.27 bits per heavy atom. The van der Waals surface area contributed by atoms with Gasteiger partial charge >= 0.3 is 0 Å². The lowest BCUT2D eigenvalue weighted by molar-refractivity contribution is -0.115. The van der Waals surface area contributed by atoms with Gasteiger partial charge in [0.05, 0.1) is 0 Å². The maximum absolute atomic E-state index is 9.44. The monoisotopic (exact) mass is 450 g/mol. The average Bonchev–Trinajstić information content (AvgIpc) is 2.86. The molecule has 0 aliphatic heterocycles. The summed E-state index contributed by atoms with van der Waals surface area (Å²) in [6.45, 7) is 17.3.